The molecule has 6 nitrogen and oxygen atoms in total. The SMILES string of the molecule is O=C1C(=O)N(C2CCCCC2)C(=O)N1Cc1csc(-c2ccc(F)cc2)n1. The van der Waals surface area contributed by atoms with E-state index in [1.165, 1.54) is 23.5 Å². The Morgan fingerprint density at radius 3 is 2.44 bits per heavy atom. The van der Waals surface area contributed by atoms with E-state index in [1.54, 1.807) is 17.5 Å². The van der Waals surface area contributed by atoms with Crippen molar-refractivity contribution in [1.82, 2.24) is 14.8 Å². The van der Waals surface area contributed by atoms with Gasteiger partial charge in [-0.25, -0.2) is 19.1 Å². The summed E-state index contributed by atoms with van der Waals surface area (Å²) >= 11 is 1.34. The molecule has 2 aromatic rings. The molecule has 0 bridgehead atoms. The van der Waals surface area contributed by atoms with Gasteiger partial charge in [0.05, 0.1) is 12.2 Å². The van der Waals surface area contributed by atoms with Crippen LogP contribution in [0.4, 0.5) is 9.18 Å². The highest BCUT2D eigenvalue weighted by atomic mass is 32.1. The fraction of sp³-hybridized carbons (Fsp3) is 0.368. The molecule has 0 atom stereocenters. The smallest absolute Gasteiger partial charge is 0.263 e. The second-order valence-corrected chi connectivity index (χ2v) is 7.65. The molecule has 1 aliphatic heterocycles. The van der Waals surface area contributed by atoms with Crippen LogP contribution in [-0.2, 0) is 16.1 Å². The van der Waals surface area contributed by atoms with Crippen molar-refractivity contribution < 1.29 is 18.8 Å². The zero-order chi connectivity index (χ0) is 19.0. The summed E-state index contributed by atoms with van der Waals surface area (Å²) in [6.07, 6.45) is 4.52. The maximum atomic E-state index is 13.1. The Kier molecular flexibility index (Phi) is 4.73. The van der Waals surface area contributed by atoms with Crippen LogP contribution >= 0.6 is 11.3 Å². The standard InChI is InChI=1S/C19H18FN3O3S/c20-13-8-6-12(7-9-13)16-21-14(11-27-16)10-22-17(24)18(25)23(19(22)26)15-4-2-1-3-5-15/h6-9,11,15H,1-5,10H2. The Hall–Kier alpha value is -2.61. The summed E-state index contributed by atoms with van der Waals surface area (Å²) in [6, 6.07) is 5.22. The van der Waals surface area contributed by atoms with Crippen molar-refractivity contribution in [3.8, 4) is 10.6 Å². The molecular weight excluding hydrogens is 369 g/mol. The van der Waals surface area contributed by atoms with Gasteiger partial charge in [0.25, 0.3) is 0 Å². The number of thiazole rings is 1. The molecule has 0 unspecified atom stereocenters. The maximum absolute atomic E-state index is 13.1. The maximum Gasteiger partial charge on any atom is 0.334 e. The van der Waals surface area contributed by atoms with Crippen LogP contribution in [0.25, 0.3) is 10.6 Å². The number of amides is 4. The molecule has 0 N–H and O–H groups in total. The fourth-order valence-electron chi connectivity index (χ4n) is 3.59. The third-order valence-electron chi connectivity index (χ3n) is 4.99. The van der Waals surface area contributed by atoms with Crippen LogP contribution in [0.3, 0.4) is 0 Å². The zero-order valence-electron chi connectivity index (χ0n) is 14.6. The van der Waals surface area contributed by atoms with Gasteiger partial charge in [-0.3, -0.25) is 14.5 Å². The monoisotopic (exact) mass is 387 g/mol. The zero-order valence-corrected chi connectivity index (χ0v) is 15.4. The topological polar surface area (TPSA) is 70.6 Å². The molecule has 0 radical (unpaired) electrons. The van der Waals surface area contributed by atoms with Gasteiger partial charge in [-0.2, -0.15) is 0 Å². The number of hydrogen-bond donors (Lipinski definition) is 0. The molecule has 2 fully saturated rings. The van der Waals surface area contributed by atoms with Gasteiger partial charge in [0.15, 0.2) is 0 Å². The number of halogens is 1. The summed E-state index contributed by atoms with van der Waals surface area (Å²) in [7, 11) is 0. The molecule has 1 saturated heterocycles. The Morgan fingerprint density at radius 2 is 1.74 bits per heavy atom. The van der Waals surface area contributed by atoms with Crippen LogP contribution in [0.1, 0.15) is 37.8 Å². The Bertz CT molecular complexity index is 890. The Labute approximate surface area is 159 Å². The first kappa shape index (κ1) is 17.8. The molecule has 2 aliphatic rings. The lowest BCUT2D eigenvalue weighted by Crippen LogP contribution is -2.42. The molecule has 8 heteroatoms. The van der Waals surface area contributed by atoms with Crippen molar-refractivity contribution in [3.05, 3.63) is 41.2 Å². The minimum absolute atomic E-state index is 0.0374. The normalized spacial score (nSPS) is 18.6. The average Bonchev–Trinajstić information content (AvgIpc) is 3.22. The minimum Gasteiger partial charge on any atom is -0.263 e. The molecular formula is C19H18FN3O3S. The summed E-state index contributed by atoms with van der Waals surface area (Å²) in [5.74, 6) is -1.85. The van der Waals surface area contributed by atoms with Gasteiger partial charge in [0, 0.05) is 17.0 Å². The van der Waals surface area contributed by atoms with Gasteiger partial charge in [-0.1, -0.05) is 19.3 Å². The number of carbonyl (C=O) groups is 3. The molecule has 140 valence electrons. The van der Waals surface area contributed by atoms with Gasteiger partial charge in [-0.05, 0) is 37.1 Å². The van der Waals surface area contributed by atoms with E-state index in [0.717, 1.165) is 47.5 Å². The second-order valence-electron chi connectivity index (χ2n) is 6.79. The van der Waals surface area contributed by atoms with E-state index < -0.39 is 17.8 Å². The summed E-state index contributed by atoms with van der Waals surface area (Å²) < 4.78 is 13.1. The van der Waals surface area contributed by atoms with Crippen molar-refractivity contribution in [1.29, 1.82) is 0 Å². The van der Waals surface area contributed by atoms with E-state index in [-0.39, 0.29) is 18.4 Å². The quantitative estimate of drug-likeness (QED) is 0.594. The van der Waals surface area contributed by atoms with Gasteiger partial charge >= 0.3 is 17.8 Å². The number of aromatic nitrogens is 1. The van der Waals surface area contributed by atoms with Gasteiger partial charge < -0.3 is 0 Å². The minimum atomic E-state index is -0.790. The van der Waals surface area contributed by atoms with Crippen LogP contribution in [0, 0.1) is 5.82 Å². The molecule has 1 aromatic heterocycles. The van der Waals surface area contributed by atoms with Crippen molar-refractivity contribution in [2.45, 2.75) is 44.7 Å². The highest BCUT2D eigenvalue weighted by molar-refractivity contribution is 7.13. The largest absolute Gasteiger partial charge is 0.334 e. The third-order valence-corrected chi connectivity index (χ3v) is 5.93. The van der Waals surface area contributed by atoms with Crippen LogP contribution < -0.4 is 0 Å². The number of rotatable bonds is 4. The van der Waals surface area contributed by atoms with E-state index in [2.05, 4.69) is 4.98 Å². The number of urea groups is 1. The number of imide groups is 2. The van der Waals surface area contributed by atoms with Crippen molar-refractivity contribution in [3.63, 3.8) is 0 Å². The second kappa shape index (κ2) is 7.19. The number of hydrogen-bond acceptors (Lipinski definition) is 5. The van der Waals surface area contributed by atoms with Crippen molar-refractivity contribution >= 4 is 29.2 Å². The third kappa shape index (κ3) is 3.37. The number of nitrogens with zero attached hydrogens (tertiary/aromatic N) is 3. The van der Waals surface area contributed by atoms with Gasteiger partial charge in [-0.15, -0.1) is 11.3 Å². The lowest BCUT2D eigenvalue weighted by molar-refractivity contribution is -0.144. The lowest BCUT2D eigenvalue weighted by Gasteiger charge is -2.28. The molecule has 0 spiro atoms. The first-order valence-corrected chi connectivity index (χ1v) is 9.82. The predicted molar refractivity (Wildman–Crippen MR) is 97.2 cm³/mol. The molecule has 2 heterocycles. The lowest BCUT2D eigenvalue weighted by atomic mass is 9.94. The van der Waals surface area contributed by atoms with Crippen LogP contribution in [0.2, 0.25) is 0 Å². The van der Waals surface area contributed by atoms with E-state index in [1.807, 2.05) is 0 Å². The summed E-state index contributed by atoms with van der Waals surface area (Å²) in [6.45, 7) is -0.0374. The fourth-order valence-corrected chi connectivity index (χ4v) is 4.41. The summed E-state index contributed by atoms with van der Waals surface area (Å²) in [5, 5.41) is 2.41. The summed E-state index contributed by atoms with van der Waals surface area (Å²) in [4.78, 5) is 43.9. The molecule has 4 amide bonds. The van der Waals surface area contributed by atoms with Crippen LogP contribution in [0.15, 0.2) is 29.6 Å². The van der Waals surface area contributed by atoms with Crippen LogP contribution in [0.5, 0.6) is 0 Å². The molecule has 1 aromatic carbocycles. The predicted octanol–water partition coefficient (Wildman–Crippen LogP) is 3.57. The van der Waals surface area contributed by atoms with E-state index in [0.29, 0.717) is 10.7 Å². The van der Waals surface area contributed by atoms with E-state index >= 15 is 0 Å². The summed E-state index contributed by atoms with van der Waals surface area (Å²) in [5.41, 5.74) is 1.28. The molecule has 1 aliphatic carbocycles. The molecule has 27 heavy (non-hydrogen) atoms. The van der Waals surface area contributed by atoms with E-state index in [9.17, 15) is 18.8 Å². The first-order valence-electron chi connectivity index (χ1n) is 8.94. The number of carbonyl (C=O) groups excluding carboxylic acids is 3. The van der Waals surface area contributed by atoms with E-state index in [4.69, 9.17) is 0 Å². The van der Waals surface area contributed by atoms with Gasteiger partial charge in [0.2, 0.25) is 0 Å². The Balaban J connectivity index is 1.51. The molecule has 4 rings (SSSR count). The molecule has 1 saturated carbocycles. The first-order chi connectivity index (χ1) is 13.0. The van der Waals surface area contributed by atoms with Gasteiger partial charge in [0.1, 0.15) is 10.8 Å². The van der Waals surface area contributed by atoms with Crippen molar-refractivity contribution in [2.24, 2.45) is 0 Å². The Morgan fingerprint density at radius 1 is 1.04 bits per heavy atom. The van der Waals surface area contributed by atoms with Crippen molar-refractivity contribution in [2.75, 3.05) is 0 Å². The highest BCUT2D eigenvalue weighted by Crippen LogP contribution is 2.29. The number of benzene rings is 1. The average molecular weight is 387 g/mol. The highest BCUT2D eigenvalue weighted by Gasteiger charge is 2.47. The van der Waals surface area contributed by atoms with Crippen LogP contribution in [-0.4, -0.2) is 38.7 Å².